The van der Waals surface area contributed by atoms with Gasteiger partial charge in [0.05, 0.1) is 17.2 Å². The normalized spacial score (nSPS) is 12.4. The van der Waals surface area contributed by atoms with E-state index in [-0.39, 0.29) is 16.7 Å². The molecule has 100 valence electrons. The van der Waals surface area contributed by atoms with Gasteiger partial charge in [-0.3, -0.25) is 15.1 Å². The molecule has 0 amide bonds. The largest absolute Gasteiger partial charge is 0.383 e. The summed E-state index contributed by atoms with van der Waals surface area (Å²) < 4.78 is 5.01. The summed E-state index contributed by atoms with van der Waals surface area (Å²) in [5.74, 6) is 0. The molecule has 1 heterocycles. The molecule has 0 saturated heterocycles. The second-order valence-corrected chi connectivity index (χ2v) is 4.36. The van der Waals surface area contributed by atoms with Crippen molar-refractivity contribution in [2.45, 2.75) is 33.4 Å². The Kier molecular flexibility index (Phi) is 5.18. The van der Waals surface area contributed by atoms with Crippen molar-refractivity contribution in [1.29, 1.82) is 0 Å². The van der Waals surface area contributed by atoms with Crippen LogP contribution in [-0.4, -0.2) is 29.7 Å². The van der Waals surface area contributed by atoms with Crippen LogP contribution in [0.2, 0.25) is 0 Å². The first-order chi connectivity index (χ1) is 8.47. The van der Waals surface area contributed by atoms with Gasteiger partial charge in [-0.05, 0) is 20.8 Å². The second kappa shape index (κ2) is 6.42. The molecule has 0 fully saturated rings. The summed E-state index contributed by atoms with van der Waals surface area (Å²) in [7, 11) is 1.64. The number of hydrogen-bond donors (Lipinski definition) is 1. The lowest BCUT2D eigenvalue weighted by Gasteiger charge is -2.13. The van der Waals surface area contributed by atoms with Gasteiger partial charge in [-0.15, -0.1) is 0 Å². The Labute approximate surface area is 107 Å². The summed E-state index contributed by atoms with van der Waals surface area (Å²) in [5.41, 5.74) is 2.07. The fourth-order valence-corrected chi connectivity index (χ4v) is 1.80. The van der Waals surface area contributed by atoms with E-state index < -0.39 is 0 Å². The van der Waals surface area contributed by atoms with Gasteiger partial charge in [-0.2, -0.15) is 0 Å². The van der Waals surface area contributed by atoms with Crippen molar-refractivity contribution in [3.63, 3.8) is 0 Å². The minimum atomic E-state index is -0.353. The quantitative estimate of drug-likeness (QED) is 0.617. The monoisotopic (exact) mass is 253 g/mol. The molecule has 1 aromatic heterocycles. The number of pyridine rings is 1. The molecule has 0 bridgehead atoms. The molecule has 0 spiro atoms. The molecule has 1 atom stereocenters. The Hall–Kier alpha value is -1.53. The summed E-state index contributed by atoms with van der Waals surface area (Å²) in [4.78, 5) is 14.9. The Balaban J connectivity index is 2.85. The van der Waals surface area contributed by atoms with Crippen molar-refractivity contribution in [3.05, 3.63) is 33.1 Å². The Morgan fingerprint density at radius 3 is 2.78 bits per heavy atom. The van der Waals surface area contributed by atoms with Gasteiger partial charge in [0.1, 0.15) is 0 Å². The summed E-state index contributed by atoms with van der Waals surface area (Å²) >= 11 is 0. The van der Waals surface area contributed by atoms with Gasteiger partial charge in [0.2, 0.25) is 0 Å². The molecule has 0 radical (unpaired) electrons. The lowest BCUT2D eigenvalue weighted by Crippen LogP contribution is -2.30. The molecule has 0 saturated carbocycles. The van der Waals surface area contributed by atoms with Gasteiger partial charge in [-0.1, -0.05) is 0 Å². The van der Waals surface area contributed by atoms with Crippen LogP contribution in [0.15, 0.2) is 6.20 Å². The van der Waals surface area contributed by atoms with Crippen LogP contribution in [0.4, 0.5) is 5.69 Å². The van der Waals surface area contributed by atoms with E-state index in [4.69, 9.17) is 4.74 Å². The number of nitrogens with zero attached hydrogens (tertiary/aromatic N) is 2. The summed E-state index contributed by atoms with van der Waals surface area (Å²) in [5, 5.41) is 14.2. The minimum absolute atomic E-state index is 0.154. The van der Waals surface area contributed by atoms with Crippen molar-refractivity contribution in [1.82, 2.24) is 10.3 Å². The lowest BCUT2D eigenvalue weighted by molar-refractivity contribution is -0.386. The Morgan fingerprint density at radius 2 is 2.22 bits per heavy atom. The number of ether oxygens (including phenoxy) is 1. The molecular weight excluding hydrogens is 234 g/mol. The van der Waals surface area contributed by atoms with E-state index in [1.54, 1.807) is 27.2 Å². The van der Waals surface area contributed by atoms with Crippen LogP contribution in [0, 0.1) is 24.0 Å². The van der Waals surface area contributed by atoms with Crippen LogP contribution in [0.1, 0.15) is 23.7 Å². The predicted octanol–water partition coefficient (Wildman–Crippen LogP) is 1.73. The first kappa shape index (κ1) is 14.5. The number of aromatic nitrogens is 1. The molecule has 1 N–H and O–H groups in total. The van der Waals surface area contributed by atoms with Crippen LogP contribution >= 0.6 is 0 Å². The van der Waals surface area contributed by atoms with E-state index in [0.717, 1.165) is 0 Å². The van der Waals surface area contributed by atoms with Gasteiger partial charge < -0.3 is 10.1 Å². The zero-order valence-corrected chi connectivity index (χ0v) is 11.2. The maximum atomic E-state index is 11.0. The van der Waals surface area contributed by atoms with Gasteiger partial charge >= 0.3 is 0 Å². The van der Waals surface area contributed by atoms with Crippen molar-refractivity contribution in [3.8, 4) is 0 Å². The first-order valence-electron chi connectivity index (χ1n) is 5.79. The van der Waals surface area contributed by atoms with Crippen molar-refractivity contribution < 1.29 is 9.66 Å². The van der Waals surface area contributed by atoms with Crippen molar-refractivity contribution in [2.24, 2.45) is 0 Å². The van der Waals surface area contributed by atoms with Crippen molar-refractivity contribution in [2.75, 3.05) is 13.7 Å². The Bertz CT molecular complexity index is 435. The van der Waals surface area contributed by atoms with Crippen molar-refractivity contribution >= 4 is 5.69 Å². The highest BCUT2D eigenvalue weighted by Gasteiger charge is 2.18. The number of aryl methyl sites for hydroxylation is 1. The third-order valence-corrected chi connectivity index (χ3v) is 2.79. The predicted molar refractivity (Wildman–Crippen MR) is 68.5 cm³/mol. The third-order valence-electron chi connectivity index (χ3n) is 2.79. The zero-order chi connectivity index (χ0) is 13.7. The minimum Gasteiger partial charge on any atom is -0.383 e. The van der Waals surface area contributed by atoms with Gasteiger partial charge in [0.25, 0.3) is 5.69 Å². The average molecular weight is 253 g/mol. The molecule has 1 aromatic rings. The van der Waals surface area contributed by atoms with Gasteiger partial charge in [0.15, 0.2) is 0 Å². The summed E-state index contributed by atoms with van der Waals surface area (Å²) in [6.45, 7) is 6.50. The van der Waals surface area contributed by atoms with Crippen LogP contribution in [0.5, 0.6) is 0 Å². The Morgan fingerprint density at radius 1 is 1.56 bits per heavy atom. The molecule has 18 heavy (non-hydrogen) atoms. The van der Waals surface area contributed by atoms with E-state index in [9.17, 15) is 10.1 Å². The fourth-order valence-electron chi connectivity index (χ4n) is 1.80. The molecule has 1 rings (SSSR count). The fraction of sp³-hybridized carbons (Fsp3) is 0.583. The zero-order valence-electron chi connectivity index (χ0n) is 11.2. The van der Waals surface area contributed by atoms with Crippen LogP contribution in [0.3, 0.4) is 0 Å². The molecule has 0 aliphatic rings. The van der Waals surface area contributed by atoms with Gasteiger partial charge in [-0.25, -0.2) is 0 Å². The smallest absolute Gasteiger partial charge is 0.278 e. The molecule has 0 aliphatic carbocycles. The van der Waals surface area contributed by atoms with Crippen LogP contribution in [0.25, 0.3) is 0 Å². The molecule has 6 heteroatoms. The van der Waals surface area contributed by atoms with E-state index in [2.05, 4.69) is 10.3 Å². The lowest BCUT2D eigenvalue weighted by atomic mass is 10.1. The molecular formula is C12H19N3O3. The number of nitro groups is 1. The number of rotatable bonds is 6. The molecule has 0 aliphatic heterocycles. The molecule has 1 unspecified atom stereocenters. The van der Waals surface area contributed by atoms with E-state index >= 15 is 0 Å². The first-order valence-corrected chi connectivity index (χ1v) is 5.79. The van der Waals surface area contributed by atoms with E-state index in [1.807, 2.05) is 6.92 Å². The van der Waals surface area contributed by atoms with Crippen LogP contribution < -0.4 is 5.32 Å². The van der Waals surface area contributed by atoms with E-state index in [1.165, 1.54) is 0 Å². The molecule has 6 nitrogen and oxygen atoms in total. The van der Waals surface area contributed by atoms with Crippen LogP contribution in [-0.2, 0) is 11.3 Å². The topological polar surface area (TPSA) is 77.3 Å². The number of hydrogen-bond acceptors (Lipinski definition) is 5. The van der Waals surface area contributed by atoms with E-state index in [0.29, 0.717) is 30.0 Å². The summed E-state index contributed by atoms with van der Waals surface area (Å²) in [6, 6.07) is 0.177. The third kappa shape index (κ3) is 3.48. The highest BCUT2D eigenvalue weighted by atomic mass is 16.6. The maximum Gasteiger partial charge on any atom is 0.278 e. The highest BCUT2D eigenvalue weighted by Crippen LogP contribution is 2.23. The SMILES string of the molecule is COCC(C)NCc1ncc(C)c([N+](=O)[O-])c1C. The highest BCUT2D eigenvalue weighted by molar-refractivity contribution is 5.47. The van der Waals surface area contributed by atoms with Gasteiger partial charge in [0, 0.05) is 37.0 Å². The maximum absolute atomic E-state index is 11.0. The second-order valence-electron chi connectivity index (χ2n) is 4.36. The summed E-state index contributed by atoms with van der Waals surface area (Å²) in [6.07, 6.45) is 1.54. The standard InChI is InChI=1S/C12H19N3O3/c1-8-5-14-11(6-13-9(2)7-18-4)10(3)12(8)15(16)17/h5,9,13H,6-7H2,1-4H3. The molecule has 0 aromatic carbocycles. The number of methoxy groups -OCH3 is 1. The number of nitrogens with one attached hydrogen (secondary N) is 1. The average Bonchev–Trinajstić information content (AvgIpc) is 2.28.